The van der Waals surface area contributed by atoms with E-state index in [1.54, 1.807) is 12.1 Å². The minimum atomic E-state index is -0.221. The third-order valence-electron chi connectivity index (χ3n) is 3.56. The Morgan fingerprint density at radius 1 is 1.29 bits per heavy atom. The fraction of sp³-hybridized carbons (Fsp3) is 0.562. The number of carbonyl (C=O) groups is 1. The van der Waals surface area contributed by atoms with Crippen molar-refractivity contribution in [2.24, 2.45) is 0 Å². The summed E-state index contributed by atoms with van der Waals surface area (Å²) in [6.45, 7) is 0.625. The van der Waals surface area contributed by atoms with E-state index in [0.717, 1.165) is 30.1 Å². The average Bonchev–Trinajstić information content (AvgIpc) is 2.99. The first-order valence-corrected chi connectivity index (χ1v) is 9.91. The van der Waals surface area contributed by atoms with Gasteiger partial charge in [-0.1, -0.05) is 40.1 Å². The molecule has 0 aromatic heterocycles. The van der Waals surface area contributed by atoms with E-state index >= 15 is 0 Å². The molecule has 0 bridgehead atoms. The van der Waals surface area contributed by atoms with Gasteiger partial charge in [-0.25, -0.2) is 4.39 Å². The van der Waals surface area contributed by atoms with Crippen molar-refractivity contribution in [3.63, 3.8) is 0 Å². The summed E-state index contributed by atoms with van der Waals surface area (Å²) in [5.74, 6) is 1.19. The van der Waals surface area contributed by atoms with Crippen molar-refractivity contribution in [2.45, 2.75) is 43.8 Å². The largest absolute Gasteiger partial charge is 0.356 e. The highest BCUT2D eigenvalue weighted by atomic mass is 33.1. The molecular formula is C16H22FNOS2. The van der Waals surface area contributed by atoms with E-state index in [-0.39, 0.29) is 11.7 Å². The monoisotopic (exact) mass is 327 g/mol. The SMILES string of the molecule is O=C(CCCCC1CCSS1)NCCc1ccc(F)cc1. The lowest BCUT2D eigenvalue weighted by Crippen LogP contribution is -2.25. The highest BCUT2D eigenvalue weighted by Gasteiger charge is 2.15. The third-order valence-corrected chi connectivity index (χ3v) is 6.56. The van der Waals surface area contributed by atoms with E-state index in [4.69, 9.17) is 0 Å². The van der Waals surface area contributed by atoms with Crippen LogP contribution < -0.4 is 5.32 Å². The van der Waals surface area contributed by atoms with Gasteiger partial charge in [-0.2, -0.15) is 0 Å². The summed E-state index contributed by atoms with van der Waals surface area (Å²) in [6.07, 6.45) is 6.04. The number of amides is 1. The summed E-state index contributed by atoms with van der Waals surface area (Å²) in [5, 5.41) is 3.73. The molecule has 5 heteroatoms. The van der Waals surface area contributed by atoms with E-state index in [0.29, 0.717) is 13.0 Å². The molecule has 21 heavy (non-hydrogen) atoms. The lowest BCUT2D eigenvalue weighted by molar-refractivity contribution is -0.121. The second-order valence-corrected chi connectivity index (χ2v) is 8.09. The Morgan fingerprint density at radius 3 is 2.81 bits per heavy atom. The van der Waals surface area contributed by atoms with Gasteiger partial charge in [0.05, 0.1) is 0 Å². The summed E-state index contributed by atoms with van der Waals surface area (Å²) < 4.78 is 12.7. The maximum absolute atomic E-state index is 12.7. The fourth-order valence-electron chi connectivity index (χ4n) is 2.31. The van der Waals surface area contributed by atoms with Crippen molar-refractivity contribution in [2.75, 3.05) is 12.3 Å². The zero-order valence-electron chi connectivity index (χ0n) is 12.1. The first-order valence-electron chi connectivity index (χ1n) is 7.53. The Bertz CT molecular complexity index is 432. The first kappa shape index (κ1) is 16.7. The molecule has 1 atom stereocenters. The second-order valence-electron chi connectivity index (χ2n) is 5.30. The summed E-state index contributed by atoms with van der Waals surface area (Å²) >= 11 is 0. The van der Waals surface area contributed by atoms with Gasteiger partial charge in [0.2, 0.25) is 5.91 Å². The van der Waals surface area contributed by atoms with Crippen LogP contribution in [-0.4, -0.2) is 23.5 Å². The Labute approximate surface area is 134 Å². The van der Waals surface area contributed by atoms with Gasteiger partial charge in [0, 0.05) is 24.0 Å². The van der Waals surface area contributed by atoms with Crippen LogP contribution in [-0.2, 0) is 11.2 Å². The molecule has 2 rings (SSSR count). The summed E-state index contributed by atoms with van der Waals surface area (Å²) in [6, 6.07) is 6.44. The van der Waals surface area contributed by atoms with Gasteiger partial charge >= 0.3 is 0 Å². The van der Waals surface area contributed by atoms with E-state index in [2.05, 4.69) is 5.32 Å². The van der Waals surface area contributed by atoms with Crippen molar-refractivity contribution in [3.8, 4) is 0 Å². The number of unbranched alkanes of at least 4 members (excludes halogenated alkanes) is 1. The molecule has 0 saturated carbocycles. The van der Waals surface area contributed by atoms with Gasteiger partial charge in [0.1, 0.15) is 5.82 Å². The van der Waals surface area contributed by atoms with Crippen molar-refractivity contribution in [1.82, 2.24) is 5.32 Å². The van der Waals surface area contributed by atoms with E-state index < -0.39 is 0 Å². The molecule has 2 nitrogen and oxygen atoms in total. The maximum atomic E-state index is 12.7. The van der Waals surface area contributed by atoms with E-state index in [1.165, 1.54) is 30.7 Å². The zero-order chi connectivity index (χ0) is 14.9. The van der Waals surface area contributed by atoms with Crippen molar-refractivity contribution >= 4 is 27.5 Å². The molecule has 1 aromatic rings. The molecule has 1 saturated heterocycles. The molecular weight excluding hydrogens is 305 g/mol. The van der Waals surface area contributed by atoms with Gasteiger partial charge in [0.25, 0.3) is 0 Å². The zero-order valence-corrected chi connectivity index (χ0v) is 13.8. The maximum Gasteiger partial charge on any atom is 0.220 e. The van der Waals surface area contributed by atoms with Gasteiger partial charge in [-0.05, 0) is 43.4 Å². The fourth-order valence-corrected chi connectivity index (χ4v) is 5.34. The van der Waals surface area contributed by atoms with Crippen LogP contribution in [0.3, 0.4) is 0 Å². The summed E-state index contributed by atoms with van der Waals surface area (Å²) in [5.41, 5.74) is 1.05. The average molecular weight is 327 g/mol. The molecule has 116 valence electrons. The molecule has 1 N–H and O–H groups in total. The van der Waals surface area contributed by atoms with Crippen molar-refractivity contribution < 1.29 is 9.18 Å². The minimum Gasteiger partial charge on any atom is -0.356 e. The predicted octanol–water partition coefficient (Wildman–Crippen LogP) is 4.20. The molecule has 1 unspecified atom stereocenters. The summed E-state index contributed by atoms with van der Waals surface area (Å²) in [7, 11) is 3.97. The number of benzene rings is 1. The number of carbonyl (C=O) groups excluding carboxylic acids is 1. The van der Waals surface area contributed by atoms with Crippen LogP contribution in [0.1, 0.15) is 37.7 Å². The molecule has 0 spiro atoms. The Balaban J connectivity index is 1.50. The molecule has 0 aliphatic carbocycles. The normalized spacial score (nSPS) is 17.9. The number of halogens is 1. The Hall–Kier alpha value is -0.680. The Kier molecular flexibility index (Phi) is 7.44. The number of nitrogens with one attached hydrogen (secondary N) is 1. The third kappa shape index (κ3) is 6.74. The molecule has 1 fully saturated rings. The van der Waals surface area contributed by atoms with Crippen LogP contribution >= 0.6 is 21.6 Å². The number of hydrogen-bond acceptors (Lipinski definition) is 3. The van der Waals surface area contributed by atoms with Crippen LogP contribution in [0.25, 0.3) is 0 Å². The van der Waals surface area contributed by atoms with Crippen molar-refractivity contribution in [1.29, 1.82) is 0 Å². The van der Waals surface area contributed by atoms with E-state index in [1.807, 2.05) is 21.6 Å². The smallest absolute Gasteiger partial charge is 0.220 e. The van der Waals surface area contributed by atoms with Gasteiger partial charge in [0.15, 0.2) is 0 Å². The molecule has 1 amide bonds. The van der Waals surface area contributed by atoms with Crippen LogP contribution in [0, 0.1) is 5.82 Å². The Morgan fingerprint density at radius 2 is 2.10 bits per heavy atom. The second kappa shape index (κ2) is 9.36. The lowest BCUT2D eigenvalue weighted by atomic mass is 10.1. The predicted molar refractivity (Wildman–Crippen MR) is 90.0 cm³/mol. The molecule has 0 radical (unpaired) electrons. The van der Waals surface area contributed by atoms with Crippen LogP contribution in [0.4, 0.5) is 4.39 Å². The van der Waals surface area contributed by atoms with Crippen LogP contribution in [0.2, 0.25) is 0 Å². The van der Waals surface area contributed by atoms with Gasteiger partial charge < -0.3 is 5.32 Å². The molecule has 1 aromatic carbocycles. The highest BCUT2D eigenvalue weighted by Crippen LogP contribution is 2.39. The highest BCUT2D eigenvalue weighted by molar-refractivity contribution is 8.77. The minimum absolute atomic E-state index is 0.130. The van der Waals surface area contributed by atoms with Gasteiger partial charge in [-0.15, -0.1) is 0 Å². The topological polar surface area (TPSA) is 29.1 Å². The lowest BCUT2D eigenvalue weighted by Gasteiger charge is -2.07. The molecule has 1 heterocycles. The van der Waals surface area contributed by atoms with Crippen LogP contribution in [0.5, 0.6) is 0 Å². The summed E-state index contributed by atoms with van der Waals surface area (Å²) in [4.78, 5) is 11.7. The van der Waals surface area contributed by atoms with Gasteiger partial charge in [-0.3, -0.25) is 4.79 Å². The van der Waals surface area contributed by atoms with Crippen LogP contribution in [0.15, 0.2) is 24.3 Å². The number of rotatable bonds is 8. The number of hydrogen-bond donors (Lipinski definition) is 1. The molecule has 1 aliphatic heterocycles. The quantitative estimate of drug-likeness (QED) is 0.573. The first-order chi connectivity index (χ1) is 10.2. The standard InChI is InChI=1S/C16H22FNOS2/c17-14-7-5-13(6-8-14)9-11-18-16(19)4-2-1-3-15-10-12-20-21-15/h5-8,15H,1-4,9-12H2,(H,18,19). The van der Waals surface area contributed by atoms with E-state index in [9.17, 15) is 9.18 Å². The molecule has 1 aliphatic rings. The van der Waals surface area contributed by atoms with Crippen molar-refractivity contribution in [3.05, 3.63) is 35.6 Å².